The van der Waals surface area contributed by atoms with Gasteiger partial charge >= 0.3 is 0 Å². The highest BCUT2D eigenvalue weighted by Gasteiger charge is 2.58. The zero-order valence-electron chi connectivity index (χ0n) is 14.9. The van der Waals surface area contributed by atoms with Crippen LogP contribution < -0.4 is 0 Å². The average molecular weight is 317 g/mol. The van der Waals surface area contributed by atoms with Gasteiger partial charge in [0, 0.05) is 7.11 Å². The van der Waals surface area contributed by atoms with E-state index in [1.807, 2.05) is 7.11 Å². The summed E-state index contributed by atoms with van der Waals surface area (Å²) in [6, 6.07) is 0.0316. The fraction of sp³-hybridized carbons (Fsp3) is 0.900. The molecule has 3 fully saturated rings. The Kier molecular flexibility index (Phi) is 3.71. The lowest BCUT2D eigenvalue weighted by Crippen LogP contribution is -2.51. The van der Waals surface area contributed by atoms with Crippen LogP contribution in [-0.4, -0.2) is 19.3 Å². The van der Waals surface area contributed by atoms with Crippen molar-refractivity contribution in [2.24, 2.45) is 33.8 Å². The summed E-state index contributed by atoms with van der Waals surface area (Å²) in [4.78, 5) is 11.0. The predicted octanol–water partition coefficient (Wildman–Crippen LogP) is 5.10. The number of nitrogens with zero attached hydrogens (tertiary/aromatic N) is 1. The zero-order chi connectivity index (χ0) is 16.2. The highest BCUT2D eigenvalue weighted by molar-refractivity contribution is 5.26. The van der Waals surface area contributed by atoms with Gasteiger partial charge in [0.05, 0.1) is 12.1 Å². The maximum atomic E-state index is 11.0. The lowest BCUT2D eigenvalue weighted by atomic mass is 9.48. The highest BCUT2D eigenvalue weighted by atomic mass is 16.5. The van der Waals surface area contributed by atoms with Gasteiger partial charge in [-0.25, -0.2) is 0 Å². The minimum atomic E-state index is 0.0316. The van der Waals surface area contributed by atoms with E-state index in [1.54, 1.807) is 5.57 Å². The van der Waals surface area contributed by atoms with Crippen molar-refractivity contribution in [2.75, 3.05) is 7.11 Å². The van der Waals surface area contributed by atoms with Gasteiger partial charge in [-0.15, -0.1) is 0 Å². The van der Waals surface area contributed by atoms with Crippen LogP contribution in [0, 0.1) is 33.5 Å². The normalized spacial score (nSPS) is 52.1. The SMILES string of the molecule is CO[C@H]1CCC2C3CC=C4C[C@@H](N=O)CC[C@]4(C)C3CC[C@@]21C. The molecule has 4 aliphatic carbocycles. The third-order valence-electron chi connectivity index (χ3n) is 8.42. The van der Waals surface area contributed by atoms with Gasteiger partial charge in [-0.3, -0.25) is 0 Å². The third-order valence-corrected chi connectivity index (χ3v) is 8.42. The Morgan fingerprint density at radius 2 is 1.96 bits per heavy atom. The quantitative estimate of drug-likeness (QED) is 0.525. The van der Waals surface area contributed by atoms with E-state index >= 15 is 0 Å². The van der Waals surface area contributed by atoms with Crippen molar-refractivity contribution in [2.45, 2.75) is 77.4 Å². The minimum absolute atomic E-state index is 0.0316. The van der Waals surface area contributed by atoms with E-state index in [9.17, 15) is 4.91 Å². The van der Waals surface area contributed by atoms with E-state index in [4.69, 9.17) is 4.74 Å². The lowest BCUT2D eigenvalue weighted by Gasteiger charge is -2.57. The molecule has 0 aliphatic heterocycles. The molecule has 0 aromatic heterocycles. The van der Waals surface area contributed by atoms with Crippen LogP contribution in [0.1, 0.15) is 65.2 Å². The Morgan fingerprint density at radius 3 is 2.70 bits per heavy atom. The first-order valence-electron chi connectivity index (χ1n) is 9.57. The van der Waals surface area contributed by atoms with E-state index in [2.05, 4.69) is 25.1 Å². The zero-order valence-corrected chi connectivity index (χ0v) is 14.9. The molecule has 0 aromatic carbocycles. The fourth-order valence-corrected chi connectivity index (χ4v) is 7.07. The standard InChI is InChI=1S/C20H31NO2/c1-19-10-8-14(21-22)12-13(19)4-5-15-16-6-7-18(23-3)20(16,2)11-9-17(15)19/h4,14-18H,5-12H2,1-3H3/t14-,15?,16?,17?,18-,19-,20-/m0/s1. The van der Waals surface area contributed by atoms with Gasteiger partial charge in [-0.05, 0) is 80.0 Å². The Morgan fingerprint density at radius 1 is 1.13 bits per heavy atom. The minimum Gasteiger partial charge on any atom is -0.381 e. The molecular weight excluding hydrogens is 286 g/mol. The van der Waals surface area contributed by atoms with Crippen LogP contribution in [0.2, 0.25) is 0 Å². The number of methoxy groups -OCH3 is 1. The van der Waals surface area contributed by atoms with E-state index in [0.717, 1.165) is 37.0 Å². The smallest absolute Gasteiger partial charge is 0.0957 e. The first kappa shape index (κ1) is 15.8. The van der Waals surface area contributed by atoms with Crippen LogP contribution in [0.15, 0.2) is 16.8 Å². The number of fused-ring (bicyclic) bond motifs is 5. The molecule has 3 saturated carbocycles. The molecule has 3 unspecified atom stereocenters. The van der Waals surface area contributed by atoms with Gasteiger partial charge in [0.2, 0.25) is 0 Å². The number of hydrogen-bond donors (Lipinski definition) is 0. The van der Waals surface area contributed by atoms with Gasteiger partial charge in [0.1, 0.15) is 0 Å². The second-order valence-corrected chi connectivity index (χ2v) is 9.11. The number of ether oxygens (including phenoxy) is 1. The maximum absolute atomic E-state index is 11.0. The van der Waals surface area contributed by atoms with Crippen LogP contribution in [-0.2, 0) is 4.74 Å². The molecule has 4 aliphatic rings. The molecule has 0 N–H and O–H groups in total. The summed E-state index contributed by atoms with van der Waals surface area (Å²) >= 11 is 0. The molecule has 0 aromatic rings. The summed E-state index contributed by atoms with van der Waals surface area (Å²) in [5.74, 6) is 2.45. The molecule has 0 bridgehead atoms. The number of rotatable bonds is 2. The number of hydrogen-bond acceptors (Lipinski definition) is 3. The Hall–Kier alpha value is -0.700. The molecule has 0 saturated heterocycles. The van der Waals surface area contributed by atoms with E-state index < -0.39 is 0 Å². The largest absolute Gasteiger partial charge is 0.381 e. The summed E-state index contributed by atoms with van der Waals surface area (Å²) < 4.78 is 5.86. The molecule has 7 atom stereocenters. The Labute approximate surface area is 140 Å². The number of nitroso groups, excluding NO2 is 1. The summed E-state index contributed by atoms with van der Waals surface area (Å²) in [5, 5.41) is 3.35. The van der Waals surface area contributed by atoms with Gasteiger partial charge in [-0.2, -0.15) is 4.91 Å². The Bertz CT molecular complexity index is 530. The highest BCUT2D eigenvalue weighted by Crippen LogP contribution is 2.65. The van der Waals surface area contributed by atoms with Crippen molar-refractivity contribution in [1.82, 2.24) is 0 Å². The first-order chi connectivity index (χ1) is 11.0. The van der Waals surface area contributed by atoms with Crippen molar-refractivity contribution < 1.29 is 4.74 Å². The van der Waals surface area contributed by atoms with Crippen LogP contribution in [0.25, 0.3) is 0 Å². The lowest BCUT2D eigenvalue weighted by molar-refractivity contribution is -0.0786. The predicted molar refractivity (Wildman–Crippen MR) is 92.1 cm³/mol. The van der Waals surface area contributed by atoms with E-state index in [1.165, 1.54) is 32.1 Å². The second kappa shape index (κ2) is 5.40. The first-order valence-corrected chi connectivity index (χ1v) is 9.57. The second-order valence-electron chi connectivity index (χ2n) is 9.11. The molecule has 0 radical (unpaired) electrons. The topological polar surface area (TPSA) is 38.7 Å². The number of allylic oxidation sites excluding steroid dienone is 1. The van der Waals surface area contributed by atoms with E-state index in [-0.39, 0.29) is 6.04 Å². The molecule has 0 spiro atoms. The molecule has 0 amide bonds. The molecular formula is C20H31NO2. The van der Waals surface area contributed by atoms with Crippen molar-refractivity contribution in [3.8, 4) is 0 Å². The molecule has 23 heavy (non-hydrogen) atoms. The average Bonchev–Trinajstić information content (AvgIpc) is 2.90. The molecule has 3 heteroatoms. The van der Waals surface area contributed by atoms with Crippen molar-refractivity contribution in [3.05, 3.63) is 16.6 Å². The van der Waals surface area contributed by atoms with Gasteiger partial charge < -0.3 is 4.74 Å². The summed E-state index contributed by atoms with van der Waals surface area (Å²) in [6.07, 6.45) is 12.5. The van der Waals surface area contributed by atoms with Crippen molar-refractivity contribution in [3.63, 3.8) is 0 Å². The van der Waals surface area contributed by atoms with Gasteiger partial charge in [-0.1, -0.05) is 30.7 Å². The monoisotopic (exact) mass is 317 g/mol. The van der Waals surface area contributed by atoms with Gasteiger partial charge in [0.25, 0.3) is 0 Å². The molecule has 4 rings (SSSR count). The summed E-state index contributed by atoms with van der Waals surface area (Å²) in [7, 11) is 1.90. The van der Waals surface area contributed by atoms with Gasteiger partial charge in [0.15, 0.2) is 0 Å². The Balaban J connectivity index is 1.64. The van der Waals surface area contributed by atoms with Crippen LogP contribution in [0.4, 0.5) is 0 Å². The molecule has 0 heterocycles. The third kappa shape index (κ3) is 2.11. The van der Waals surface area contributed by atoms with Crippen LogP contribution in [0.5, 0.6) is 0 Å². The summed E-state index contributed by atoms with van der Waals surface area (Å²) in [5.41, 5.74) is 2.27. The molecule has 128 valence electrons. The molecule has 3 nitrogen and oxygen atoms in total. The van der Waals surface area contributed by atoms with Crippen LogP contribution >= 0.6 is 0 Å². The van der Waals surface area contributed by atoms with Crippen molar-refractivity contribution >= 4 is 0 Å². The fourth-order valence-electron chi connectivity index (χ4n) is 7.07. The van der Waals surface area contributed by atoms with Crippen molar-refractivity contribution in [1.29, 1.82) is 0 Å². The maximum Gasteiger partial charge on any atom is 0.0957 e. The van der Waals surface area contributed by atoms with E-state index in [0.29, 0.717) is 16.9 Å². The summed E-state index contributed by atoms with van der Waals surface area (Å²) in [6.45, 7) is 4.98. The van der Waals surface area contributed by atoms with Crippen LogP contribution in [0.3, 0.4) is 0 Å².